The highest BCUT2D eigenvalue weighted by atomic mass is 16.5. The molecule has 0 N–H and O–H groups in total. The number of nitrogens with zero attached hydrogens (tertiary/aromatic N) is 5. The molecule has 7 heteroatoms. The number of likely N-dealkylation sites (tertiary alicyclic amines) is 1. The van der Waals surface area contributed by atoms with E-state index in [2.05, 4.69) is 15.2 Å². The first-order valence-corrected chi connectivity index (χ1v) is 8.83. The lowest BCUT2D eigenvalue weighted by Crippen LogP contribution is -2.34. The van der Waals surface area contributed by atoms with Gasteiger partial charge in [0.2, 0.25) is 11.8 Å². The van der Waals surface area contributed by atoms with Crippen LogP contribution in [0.4, 0.5) is 0 Å². The molecule has 128 valence electrons. The summed E-state index contributed by atoms with van der Waals surface area (Å²) in [5.41, 5.74) is 0.974. The first-order valence-electron chi connectivity index (χ1n) is 8.83. The Balaban J connectivity index is 1.36. The van der Waals surface area contributed by atoms with Gasteiger partial charge in [0.15, 0.2) is 5.82 Å². The van der Waals surface area contributed by atoms with Gasteiger partial charge in [0, 0.05) is 17.8 Å². The van der Waals surface area contributed by atoms with Gasteiger partial charge in [-0.3, -0.25) is 9.48 Å². The molecule has 5 rings (SSSR count). The van der Waals surface area contributed by atoms with Crippen molar-refractivity contribution >= 4 is 16.8 Å². The fraction of sp³-hybridized carbons (Fsp3) is 0.444. The highest BCUT2D eigenvalue weighted by Crippen LogP contribution is 2.40. The maximum atomic E-state index is 12.9. The molecular weight excluding hydrogens is 318 g/mol. The van der Waals surface area contributed by atoms with Gasteiger partial charge < -0.3 is 9.42 Å². The molecule has 1 amide bonds. The lowest BCUT2D eigenvalue weighted by Gasteiger charge is -2.22. The van der Waals surface area contributed by atoms with Crippen LogP contribution in [0.25, 0.3) is 10.9 Å². The van der Waals surface area contributed by atoms with Gasteiger partial charge in [-0.25, -0.2) is 0 Å². The minimum absolute atomic E-state index is 0.0501. The van der Waals surface area contributed by atoms with Gasteiger partial charge in [-0.2, -0.15) is 10.1 Å². The predicted molar refractivity (Wildman–Crippen MR) is 89.7 cm³/mol. The zero-order chi connectivity index (χ0) is 16.8. The van der Waals surface area contributed by atoms with Crippen LogP contribution >= 0.6 is 0 Å². The van der Waals surface area contributed by atoms with E-state index >= 15 is 0 Å². The summed E-state index contributed by atoms with van der Waals surface area (Å²) in [7, 11) is 0. The summed E-state index contributed by atoms with van der Waals surface area (Å²) >= 11 is 0. The Labute approximate surface area is 144 Å². The molecule has 3 aromatic rings. The van der Waals surface area contributed by atoms with Gasteiger partial charge in [-0.05, 0) is 31.7 Å². The molecule has 0 spiro atoms. The largest absolute Gasteiger partial charge is 0.339 e. The maximum Gasteiger partial charge on any atom is 0.244 e. The van der Waals surface area contributed by atoms with E-state index in [1.54, 1.807) is 10.9 Å². The van der Waals surface area contributed by atoms with E-state index < -0.39 is 0 Å². The highest BCUT2D eigenvalue weighted by Gasteiger charge is 2.36. The molecule has 25 heavy (non-hydrogen) atoms. The third-order valence-electron chi connectivity index (χ3n) is 5.09. The number of aromatic nitrogens is 4. The van der Waals surface area contributed by atoms with Crippen molar-refractivity contribution in [1.29, 1.82) is 0 Å². The van der Waals surface area contributed by atoms with E-state index in [9.17, 15) is 4.79 Å². The average Bonchev–Trinajstić information content (AvgIpc) is 3.04. The third kappa shape index (κ3) is 2.59. The van der Waals surface area contributed by atoms with E-state index in [0.717, 1.165) is 49.0 Å². The Morgan fingerprint density at radius 2 is 2.12 bits per heavy atom. The molecule has 1 atom stereocenters. The molecule has 2 fully saturated rings. The Morgan fingerprint density at radius 1 is 1.24 bits per heavy atom. The summed E-state index contributed by atoms with van der Waals surface area (Å²) in [5.74, 6) is 1.86. The number of rotatable bonds is 4. The summed E-state index contributed by atoms with van der Waals surface area (Å²) < 4.78 is 7.14. The number of para-hydroxylation sites is 1. The smallest absolute Gasteiger partial charge is 0.244 e. The Kier molecular flexibility index (Phi) is 3.33. The van der Waals surface area contributed by atoms with Crippen LogP contribution in [-0.2, 0) is 11.3 Å². The number of hydrogen-bond donors (Lipinski definition) is 0. The molecule has 1 aromatic carbocycles. The standard InChI is InChI=1S/C18H19N5O2/c24-16(11-23-14-5-2-1-4-13(14)10-19-23)22-9-3-6-15(22)17-20-18(25-21-17)12-7-8-12/h1-2,4-5,10,12,15H,3,6-9,11H2/t15-/m0/s1. The van der Waals surface area contributed by atoms with Crippen molar-refractivity contribution in [3.8, 4) is 0 Å². The maximum absolute atomic E-state index is 12.9. The monoisotopic (exact) mass is 337 g/mol. The van der Waals surface area contributed by atoms with Crippen LogP contribution < -0.4 is 0 Å². The molecular formula is C18H19N5O2. The molecule has 1 aliphatic heterocycles. The van der Waals surface area contributed by atoms with Crippen LogP contribution in [-0.4, -0.2) is 37.3 Å². The molecule has 0 unspecified atom stereocenters. The molecule has 2 aromatic heterocycles. The normalized spacial score (nSPS) is 20.5. The number of carbonyl (C=O) groups is 1. The van der Waals surface area contributed by atoms with Crippen molar-refractivity contribution in [1.82, 2.24) is 24.8 Å². The molecule has 2 aliphatic rings. The second-order valence-corrected chi connectivity index (χ2v) is 6.87. The SMILES string of the molecule is O=C(Cn1ncc2ccccc21)N1CCC[C@H]1c1noc(C2CC2)n1. The molecule has 7 nitrogen and oxygen atoms in total. The van der Waals surface area contributed by atoms with Crippen molar-refractivity contribution in [3.05, 3.63) is 42.2 Å². The fourth-order valence-electron chi connectivity index (χ4n) is 3.58. The van der Waals surface area contributed by atoms with E-state index in [1.165, 1.54) is 0 Å². The van der Waals surface area contributed by atoms with Crippen LogP contribution in [0.15, 0.2) is 35.0 Å². The summed E-state index contributed by atoms with van der Waals surface area (Å²) in [5, 5.41) is 9.54. The van der Waals surface area contributed by atoms with Gasteiger partial charge >= 0.3 is 0 Å². The topological polar surface area (TPSA) is 77.0 Å². The van der Waals surface area contributed by atoms with Gasteiger partial charge in [-0.1, -0.05) is 23.4 Å². The Hall–Kier alpha value is -2.70. The van der Waals surface area contributed by atoms with Crippen LogP contribution in [0.2, 0.25) is 0 Å². The lowest BCUT2D eigenvalue weighted by atomic mass is 10.2. The molecule has 3 heterocycles. The minimum Gasteiger partial charge on any atom is -0.339 e. The van der Waals surface area contributed by atoms with E-state index in [-0.39, 0.29) is 18.5 Å². The van der Waals surface area contributed by atoms with Crippen molar-refractivity contribution < 1.29 is 9.32 Å². The number of hydrogen-bond acceptors (Lipinski definition) is 5. The lowest BCUT2D eigenvalue weighted by molar-refractivity contribution is -0.133. The number of amides is 1. The first-order chi connectivity index (χ1) is 12.3. The number of carbonyl (C=O) groups excluding carboxylic acids is 1. The summed E-state index contributed by atoms with van der Waals surface area (Å²) in [4.78, 5) is 19.3. The van der Waals surface area contributed by atoms with Crippen molar-refractivity contribution in [2.24, 2.45) is 0 Å². The second-order valence-electron chi connectivity index (χ2n) is 6.87. The molecule has 1 saturated carbocycles. The van der Waals surface area contributed by atoms with Crippen molar-refractivity contribution in [2.75, 3.05) is 6.54 Å². The van der Waals surface area contributed by atoms with Gasteiger partial charge in [0.25, 0.3) is 0 Å². The third-order valence-corrected chi connectivity index (χ3v) is 5.09. The fourth-order valence-corrected chi connectivity index (χ4v) is 3.58. The summed E-state index contributed by atoms with van der Waals surface area (Å²) in [6.45, 7) is 0.966. The number of benzene rings is 1. The highest BCUT2D eigenvalue weighted by molar-refractivity contribution is 5.82. The quantitative estimate of drug-likeness (QED) is 0.731. The van der Waals surface area contributed by atoms with Gasteiger partial charge in [0.05, 0.1) is 17.8 Å². The molecule has 0 radical (unpaired) electrons. The van der Waals surface area contributed by atoms with Crippen molar-refractivity contribution in [3.63, 3.8) is 0 Å². The van der Waals surface area contributed by atoms with Crippen molar-refractivity contribution in [2.45, 2.75) is 44.2 Å². The van der Waals surface area contributed by atoms with Gasteiger partial charge in [0.1, 0.15) is 6.54 Å². The number of fused-ring (bicyclic) bond motifs is 1. The molecule has 0 bridgehead atoms. The van der Waals surface area contributed by atoms with Crippen LogP contribution in [0, 0.1) is 0 Å². The zero-order valence-electron chi connectivity index (χ0n) is 13.8. The summed E-state index contributed by atoms with van der Waals surface area (Å²) in [6.07, 6.45) is 5.90. The molecule has 1 aliphatic carbocycles. The van der Waals surface area contributed by atoms with Crippen LogP contribution in [0.1, 0.15) is 49.4 Å². The van der Waals surface area contributed by atoms with E-state index in [1.807, 2.05) is 29.2 Å². The average molecular weight is 337 g/mol. The van der Waals surface area contributed by atoms with Crippen LogP contribution in [0.5, 0.6) is 0 Å². The Morgan fingerprint density at radius 3 is 3.00 bits per heavy atom. The van der Waals surface area contributed by atoms with E-state index in [4.69, 9.17) is 4.52 Å². The predicted octanol–water partition coefficient (Wildman–Crippen LogP) is 2.66. The van der Waals surface area contributed by atoms with Crippen LogP contribution in [0.3, 0.4) is 0 Å². The Bertz CT molecular complexity index is 926. The van der Waals surface area contributed by atoms with Gasteiger partial charge in [-0.15, -0.1) is 0 Å². The first kappa shape index (κ1) is 14.6. The van der Waals surface area contributed by atoms with E-state index in [0.29, 0.717) is 11.7 Å². The second kappa shape index (κ2) is 5.68. The summed E-state index contributed by atoms with van der Waals surface area (Å²) in [6, 6.07) is 7.84. The molecule has 1 saturated heterocycles. The zero-order valence-corrected chi connectivity index (χ0v) is 13.8. The minimum atomic E-state index is -0.0782.